The lowest BCUT2D eigenvalue weighted by molar-refractivity contribution is -0.140. The first kappa shape index (κ1) is 12.9. The minimum absolute atomic E-state index is 0.129. The summed E-state index contributed by atoms with van der Waals surface area (Å²) >= 11 is 0. The summed E-state index contributed by atoms with van der Waals surface area (Å²) in [5.74, 6) is 1.45. The molecule has 0 spiro atoms. The topological polar surface area (TPSA) is 44.8 Å². The second kappa shape index (κ2) is 4.61. The Morgan fingerprint density at radius 2 is 1.78 bits per heavy atom. The van der Waals surface area contributed by atoms with Crippen LogP contribution in [-0.4, -0.2) is 33.2 Å². The molecule has 0 atom stereocenters. The number of benzene rings is 1. The van der Waals surface area contributed by atoms with Crippen LogP contribution in [0.3, 0.4) is 0 Å². The quantitative estimate of drug-likeness (QED) is 0.818. The summed E-state index contributed by atoms with van der Waals surface area (Å²) in [5.41, 5.74) is 1.48. The Bertz CT molecular complexity index is 475. The fraction of sp³-hybridized carbons (Fsp3) is 0.500. The molecule has 0 radical (unpaired) electrons. The molecule has 0 bridgehead atoms. The van der Waals surface area contributed by atoms with Gasteiger partial charge in [0.15, 0.2) is 11.5 Å². The van der Waals surface area contributed by atoms with Crippen molar-refractivity contribution in [2.24, 2.45) is 0 Å². The maximum absolute atomic E-state index is 11.9. The molecule has 1 saturated heterocycles. The number of carbonyl (C=O) groups is 1. The molecule has 0 saturated carbocycles. The van der Waals surface area contributed by atoms with Gasteiger partial charge in [-0.3, -0.25) is 4.79 Å². The molecule has 1 fully saturated rings. The molecule has 0 unspecified atom stereocenters. The summed E-state index contributed by atoms with van der Waals surface area (Å²) in [6.07, 6.45) is 0. The second-order valence-electron chi connectivity index (χ2n) is 4.65. The van der Waals surface area contributed by atoms with Crippen LogP contribution >= 0.6 is 0 Å². The van der Waals surface area contributed by atoms with Gasteiger partial charge in [0.2, 0.25) is 0 Å². The van der Waals surface area contributed by atoms with Crippen LogP contribution in [0, 0.1) is 6.92 Å². The zero-order valence-corrected chi connectivity index (χ0v) is 11.2. The molecule has 1 aromatic carbocycles. The Morgan fingerprint density at radius 1 is 1.22 bits per heavy atom. The van der Waals surface area contributed by atoms with Crippen molar-refractivity contribution in [2.75, 3.05) is 27.4 Å². The maximum atomic E-state index is 11.9. The van der Waals surface area contributed by atoms with E-state index in [0.29, 0.717) is 24.7 Å². The molecule has 1 aliphatic rings. The van der Waals surface area contributed by atoms with Gasteiger partial charge >= 0.3 is 0 Å². The smallest absolute Gasteiger partial charge is 0.161 e. The SMILES string of the molecule is COc1cc(C)c(C2(C(C)=O)COC2)cc1OC. The average molecular weight is 250 g/mol. The minimum atomic E-state index is -0.510. The normalized spacial score (nSPS) is 16.9. The van der Waals surface area contributed by atoms with E-state index in [1.54, 1.807) is 21.1 Å². The molecule has 1 aromatic rings. The van der Waals surface area contributed by atoms with E-state index in [9.17, 15) is 4.79 Å². The third kappa shape index (κ3) is 1.77. The van der Waals surface area contributed by atoms with Crippen LogP contribution in [-0.2, 0) is 14.9 Å². The van der Waals surface area contributed by atoms with Gasteiger partial charge < -0.3 is 14.2 Å². The summed E-state index contributed by atoms with van der Waals surface area (Å²) in [5, 5.41) is 0. The van der Waals surface area contributed by atoms with E-state index in [0.717, 1.165) is 11.1 Å². The van der Waals surface area contributed by atoms with Crippen molar-refractivity contribution in [3.63, 3.8) is 0 Å². The van der Waals surface area contributed by atoms with E-state index in [-0.39, 0.29) is 5.78 Å². The summed E-state index contributed by atoms with van der Waals surface area (Å²) in [6.45, 7) is 4.47. The van der Waals surface area contributed by atoms with Crippen LogP contribution in [0.5, 0.6) is 11.5 Å². The summed E-state index contributed by atoms with van der Waals surface area (Å²) in [6, 6.07) is 3.79. The molecule has 0 amide bonds. The molecule has 1 heterocycles. The first-order valence-electron chi connectivity index (χ1n) is 5.87. The number of hydrogen-bond donors (Lipinski definition) is 0. The highest BCUT2D eigenvalue weighted by Crippen LogP contribution is 2.40. The van der Waals surface area contributed by atoms with Gasteiger partial charge in [-0.25, -0.2) is 0 Å². The van der Waals surface area contributed by atoms with Crippen molar-refractivity contribution < 1.29 is 19.0 Å². The number of methoxy groups -OCH3 is 2. The molecule has 18 heavy (non-hydrogen) atoms. The van der Waals surface area contributed by atoms with Gasteiger partial charge in [-0.2, -0.15) is 0 Å². The zero-order chi connectivity index (χ0) is 13.3. The molecular formula is C14H18O4. The molecule has 2 rings (SSSR count). The Hall–Kier alpha value is -1.55. The van der Waals surface area contributed by atoms with Gasteiger partial charge in [-0.05, 0) is 37.1 Å². The van der Waals surface area contributed by atoms with Gasteiger partial charge in [0.1, 0.15) is 11.2 Å². The van der Waals surface area contributed by atoms with Crippen LogP contribution in [0.1, 0.15) is 18.1 Å². The van der Waals surface area contributed by atoms with Gasteiger partial charge in [-0.15, -0.1) is 0 Å². The summed E-state index contributed by atoms with van der Waals surface area (Å²) in [7, 11) is 3.19. The van der Waals surface area contributed by atoms with Gasteiger partial charge in [0.05, 0.1) is 27.4 Å². The number of ether oxygens (including phenoxy) is 3. The van der Waals surface area contributed by atoms with E-state index in [4.69, 9.17) is 14.2 Å². The Balaban J connectivity index is 2.54. The third-order valence-corrected chi connectivity index (χ3v) is 3.62. The molecule has 0 aliphatic carbocycles. The van der Waals surface area contributed by atoms with Crippen molar-refractivity contribution in [1.29, 1.82) is 0 Å². The first-order valence-corrected chi connectivity index (χ1v) is 5.87. The van der Waals surface area contributed by atoms with Crippen molar-refractivity contribution >= 4 is 5.78 Å². The highest BCUT2D eigenvalue weighted by Gasteiger charge is 2.46. The Morgan fingerprint density at radius 3 is 2.17 bits per heavy atom. The number of Topliss-reactive ketones (excluding diaryl/α,β-unsaturated/α-hetero) is 1. The highest BCUT2D eigenvalue weighted by atomic mass is 16.5. The highest BCUT2D eigenvalue weighted by molar-refractivity contribution is 5.90. The maximum Gasteiger partial charge on any atom is 0.161 e. The van der Waals surface area contributed by atoms with Crippen LogP contribution in [0.4, 0.5) is 0 Å². The van der Waals surface area contributed by atoms with E-state index in [2.05, 4.69) is 0 Å². The number of carbonyl (C=O) groups excluding carboxylic acids is 1. The Labute approximate surface area is 107 Å². The fourth-order valence-electron chi connectivity index (χ4n) is 2.35. The summed E-state index contributed by atoms with van der Waals surface area (Å²) in [4.78, 5) is 11.9. The molecule has 1 aliphatic heterocycles. The minimum Gasteiger partial charge on any atom is -0.493 e. The third-order valence-electron chi connectivity index (χ3n) is 3.62. The second-order valence-corrected chi connectivity index (χ2v) is 4.65. The molecule has 4 heteroatoms. The lowest BCUT2D eigenvalue weighted by atomic mass is 9.73. The van der Waals surface area contributed by atoms with Crippen LogP contribution in [0.25, 0.3) is 0 Å². The van der Waals surface area contributed by atoms with Gasteiger partial charge in [0.25, 0.3) is 0 Å². The number of ketones is 1. The standard InChI is InChI=1S/C14H18O4/c1-9-5-12(16-3)13(17-4)6-11(9)14(10(2)15)7-18-8-14/h5-6H,7-8H2,1-4H3. The van der Waals surface area contributed by atoms with E-state index in [1.165, 1.54) is 0 Å². The lowest BCUT2D eigenvalue weighted by Crippen LogP contribution is -2.52. The molecular weight excluding hydrogens is 232 g/mol. The Kier molecular flexibility index (Phi) is 3.30. The van der Waals surface area contributed by atoms with Crippen molar-refractivity contribution in [3.05, 3.63) is 23.3 Å². The van der Waals surface area contributed by atoms with Crippen molar-refractivity contribution in [2.45, 2.75) is 19.3 Å². The van der Waals surface area contributed by atoms with Crippen LogP contribution < -0.4 is 9.47 Å². The summed E-state index contributed by atoms with van der Waals surface area (Å²) < 4.78 is 15.8. The monoisotopic (exact) mass is 250 g/mol. The molecule has 0 aromatic heterocycles. The number of aryl methyl sites for hydroxylation is 1. The van der Waals surface area contributed by atoms with E-state index >= 15 is 0 Å². The molecule has 0 N–H and O–H groups in total. The molecule has 98 valence electrons. The predicted octanol–water partition coefficient (Wildman–Crippen LogP) is 1.87. The first-order chi connectivity index (χ1) is 8.55. The van der Waals surface area contributed by atoms with Crippen LogP contribution in [0.15, 0.2) is 12.1 Å². The van der Waals surface area contributed by atoms with E-state index in [1.807, 2.05) is 19.1 Å². The van der Waals surface area contributed by atoms with Gasteiger partial charge in [0, 0.05) is 0 Å². The largest absolute Gasteiger partial charge is 0.493 e. The molecule has 4 nitrogen and oxygen atoms in total. The lowest BCUT2D eigenvalue weighted by Gasteiger charge is -2.40. The predicted molar refractivity (Wildman–Crippen MR) is 67.5 cm³/mol. The van der Waals surface area contributed by atoms with E-state index < -0.39 is 5.41 Å². The average Bonchev–Trinajstić information content (AvgIpc) is 2.28. The van der Waals surface area contributed by atoms with Crippen molar-refractivity contribution in [3.8, 4) is 11.5 Å². The van der Waals surface area contributed by atoms with Crippen LogP contribution in [0.2, 0.25) is 0 Å². The fourth-order valence-corrected chi connectivity index (χ4v) is 2.35. The zero-order valence-electron chi connectivity index (χ0n) is 11.2. The van der Waals surface area contributed by atoms with Gasteiger partial charge in [-0.1, -0.05) is 0 Å². The number of hydrogen-bond acceptors (Lipinski definition) is 4. The van der Waals surface area contributed by atoms with Crippen molar-refractivity contribution in [1.82, 2.24) is 0 Å². The number of rotatable bonds is 4.